The molecule has 0 amide bonds. The van der Waals surface area contributed by atoms with E-state index in [9.17, 15) is 8.78 Å². The number of hydrogen-bond acceptors (Lipinski definition) is 0. The topological polar surface area (TPSA) is 0 Å². The lowest BCUT2D eigenvalue weighted by Crippen LogP contribution is -2.25. The Bertz CT molecular complexity index is 555. The molecule has 0 nitrogen and oxygen atoms in total. The Morgan fingerprint density at radius 2 is 1.29 bits per heavy atom. The van der Waals surface area contributed by atoms with E-state index in [0.717, 1.165) is 24.0 Å². The fourth-order valence-corrected chi connectivity index (χ4v) is 3.03. The number of hydrogen-bond donors (Lipinski definition) is 0. The Balaban J connectivity index is 2.59. The van der Waals surface area contributed by atoms with Crippen molar-refractivity contribution in [2.24, 2.45) is 5.41 Å². The van der Waals surface area contributed by atoms with Crippen molar-refractivity contribution in [3.05, 3.63) is 71.3 Å². The predicted octanol–water partition coefficient (Wildman–Crippen LogP) is 5.92. The molecule has 2 rings (SSSR count). The van der Waals surface area contributed by atoms with E-state index >= 15 is 0 Å². The van der Waals surface area contributed by atoms with E-state index in [1.54, 1.807) is 24.3 Å². The molecule has 0 fully saturated rings. The maximum atomic E-state index is 13.6. The van der Waals surface area contributed by atoms with Crippen molar-refractivity contribution in [2.45, 2.75) is 39.5 Å². The van der Waals surface area contributed by atoms with Gasteiger partial charge in [-0.1, -0.05) is 45.0 Å². The molecule has 0 aliphatic carbocycles. The summed E-state index contributed by atoms with van der Waals surface area (Å²) in [5.41, 5.74) is 1.78. The van der Waals surface area contributed by atoms with Crippen LogP contribution in [0.4, 0.5) is 8.78 Å². The van der Waals surface area contributed by atoms with Crippen molar-refractivity contribution < 1.29 is 8.78 Å². The fraction of sp³-hybridized carbons (Fsp3) is 0.368. The van der Waals surface area contributed by atoms with Crippen molar-refractivity contribution in [3.63, 3.8) is 0 Å². The average Bonchev–Trinajstić information content (AvgIpc) is 2.47. The van der Waals surface area contributed by atoms with Gasteiger partial charge in [-0.25, -0.2) is 8.78 Å². The van der Waals surface area contributed by atoms with Crippen molar-refractivity contribution in [1.82, 2.24) is 0 Å². The molecule has 0 spiro atoms. The Labute approximate surface area is 125 Å². The summed E-state index contributed by atoms with van der Waals surface area (Å²) in [6.07, 6.45) is 1.89. The van der Waals surface area contributed by atoms with Crippen LogP contribution in [0, 0.1) is 17.0 Å². The molecule has 0 radical (unpaired) electrons. The SMILES string of the molecule is CCC(C)(CC)C(c1cccc(F)c1)c1cccc(F)c1. The van der Waals surface area contributed by atoms with Crippen LogP contribution < -0.4 is 0 Å². The summed E-state index contributed by atoms with van der Waals surface area (Å²) in [5, 5.41) is 0. The van der Waals surface area contributed by atoms with Crippen LogP contribution in [-0.2, 0) is 0 Å². The first kappa shape index (κ1) is 15.7. The molecule has 0 heterocycles. The molecule has 0 saturated heterocycles. The highest BCUT2D eigenvalue weighted by atomic mass is 19.1. The minimum atomic E-state index is -0.247. The van der Waals surface area contributed by atoms with Gasteiger partial charge in [0.15, 0.2) is 0 Å². The summed E-state index contributed by atoms with van der Waals surface area (Å²) in [6, 6.07) is 13.3. The van der Waals surface area contributed by atoms with Crippen molar-refractivity contribution in [1.29, 1.82) is 0 Å². The van der Waals surface area contributed by atoms with Gasteiger partial charge >= 0.3 is 0 Å². The zero-order chi connectivity index (χ0) is 15.5. The molecule has 2 heteroatoms. The Morgan fingerprint density at radius 3 is 1.62 bits per heavy atom. The summed E-state index contributed by atoms with van der Waals surface area (Å²) >= 11 is 0. The Kier molecular flexibility index (Phi) is 4.76. The lowest BCUT2D eigenvalue weighted by Gasteiger charge is -2.37. The second-order valence-electron chi connectivity index (χ2n) is 5.90. The van der Waals surface area contributed by atoms with Gasteiger partial charge in [0.2, 0.25) is 0 Å². The van der Waals surface area contributed by atoms with Crippen LogP contribution >= 0.6 is 0 Å². The van der Waals surface area contributed by atoms with Crippen LogP contribution in [0.25, 0.3) is 0 Å². The predicted molar refractivity (Wildman–Crippen MR) is 83.3 cm³/mol. The van der Waals surface area contributed by atoms with Gasteiger partial charge in [-0.05, 0) is 53.6 Å². The monoisotopic (exact) mass is 288 g/mol. The van der Waals surface area contributed by atoms with E-state index in [2.05, 4.69) is 20.8 Å². The molecule has 0 unspecified atom stereocenters. The zero-order valence-corrected chi connectivity index (χ0v) is 12.9. The van der Waals surface area contributed by atoms with E-state index in [1.165, 1.54) is 12.1 Å². The molecule has 2 aromatic carbocycles. The summed E-state index contributed by atoms with van der Waals surface area (Å²) in [4.78, 5) is 0. The maximum absolute atomic E-state index is 13.6. The number of rotatable bonds is 5. The summed E-state index contributed by atoms with van der Waals surface area (Å²) < 4.78 is 27.3. The second-order valence-corrected chi connectivity index (χ2v) is 5.90. The zero-order valence-electron chi connectivity index (χ0n) is 12.9. The largest absolute Gasteiger partial charge is 0.207 e. The highest BCUT2D eigenvalue weighted by Crippen LogP contribution is 2.45. The molecule has 0 bridgehead atoms. The molecule has 0 aliphatic heterocycles. The van der Waals surface area contributed by atoms with Crippen molar-refractivity contribution in [3.8, 4) is 0 Å². The van der Waals surface area contributed by atoms with Gasteiger partial charge in [-0.3, -0.25) is 0 Å². The number of benzene rings is 2. The summed E-state index contributed by atoms with van der Waals surface area (Å²) in [7, 11) is 0. The molecule has 0 aliphatic rings. The van der Waals surface area contributed by atoms with Gasteiger partial charge in [0.25, 0.3) is 0 Å². The first-order chi connectivity index (χ1) is 10.00. The minimum absolute atomic E-state index is 0.0149. The van der Waals surface area contributed by atoms with Gasteiger partial charge in [0.1, 0.15) is 11.6 Å². The molecule has 0 atom stereocenters. The molecule has 0 saturated carbocycles. The van der Waals surface area contributed by atoms with Gasteiger partial charge in [0.05, 0.1) is 0 Å². The fourth-order valence-electron chi connectivity index (χ4n) is 3.03. The second kappa shape index (κ2) is 6.38. The first-order valence-electron chi connectivity index (χ1n) is 7.51. The molecule has 0 aromatic heterocycles. The quantitative estimate of drug-likeness (QED) is 0.640. The van der Waals surface area contributed by atoms with Crippen molar-refractivity contribution >= 4 is 0 Å². The summed E-state index contributed by atoms with van der Waals surface area (Å²) in [6.45, 7) is 6.46. The third-order valence-electron chi connectivity index (χ3n) is 4.68. The van der Waals surface area contributed by atoms with E-state index in [1.807, 2.05) is 12.1 Å². The maximum Gasteiger partial charge on any atom is 0.123 e. The normalized spacial score (nSPS) is 11.9. The van der Waals surface area contributed by atoms with Crippen LogP contribution in [0.1, 0.15) is 50.7 Å². The van der Waals surface area contributed by atoms with Crippen LogP contribution in [0.2, 0.25) is 0 Å². The van der Waals surface area contributed by atoms with Gasteiger partial charge in [-0.2, -0.15) is 0 Å². The molecule has 21 heavy (non-hydrogen) atoms. The summed E-state index contributed by atoms with van der Waals surface area (Å²) in [5.74, 6) is -0.509. The third kappa shape index (κ3) is 3.31. The molecular formula is C19H22F2. The molecular weight excluding hydrogens is 266 g/mol. The average molecular weight is 288 g/mol. The molecule has 2 aromatic rings. The Hall–Kier alpha value is -1.70. The third-order valence-corrected chi connectivity index (χ3v) is 4.68. The van der Waals surface area contributed by atoms with Crippen LogP contribution in [0.15, 0.2) is 48.5 Å². The van der Waals surface area contributed by atoms with Gasteiger partial charge in [0, 0.05) is 5.92 Å². The minimum Gasteiger partial charge on any atom is -0.207 e. The van der Waals surface area contributed by atoms with Crippen LogP contribution in [-0.4, -0.2) is 0 Å². The van der Waals surface area contributed by atoms with Gasteiger partial charge in [-0.15, -0.1) is 0 Å². The van der Waals surface area contributed by atoms with Crippen LogP contribution in [0.5, 0.6) is 0 Å². The van der Waals surface area contributed by atoms with E-state index in [-0.39, 0.29) is 23.0 Å². The number of halogens is 2. The van der Waals surface area contributed by atoms with Crippen molar-refractivity contribution in [2.75, 3.05) is 0 Å². The lowest BCUT2D eigenvalue weighted by molar-refractivity contribution is 0.257. The highest BCUT2D eigenvalue weighted by Gasteiger charge is 2.33. The molecule has 0 N–H and O–H groups in total. The highest BCUT2D eigenvalue weighted by molar-refractivity contribution is 5.35. The lowest BCUT2D eigenvalue weighted by atomic mass is 9.67. The first-order valence-corrected chi connectivity index (χ1v) is 7.51. The van der Waals surface area contributed by atoms with Gasteiger partial charge < -0.3 is 0 Å². The smallest absolute Gasteiger partial charge is 0.123 e. The molecule has 112 valence electrons. The standard InChI is InChI=1S/C19H22F2/c1-4-19(3,5-2)18(14-8-6-10-16(20)12-14)15-9-7-11-17(21)13-15/h6-13,18H,4-5H2,1-3H3. The van der Waals surface area contributed by atoms with E-state index < -0.39 is 0 Å². The Morgan fingerprint density at radius 1 is 0.857 bits per heavy atom. The van der Waals surface area contributed by atoms with Crippen LogP contribution in [0.3, 0.4) is 0 Å². The van der Waals surface area contributed by atoms with E-state index in [4.69, 9.17) is 0 Å². The van der Waals surface area contributed by atoms with E-state index in [0.29, 0.717) is 0 Å².